The van der Waals surface area contributed by atoms with Crippen LogP contribution >= 0.6 is 11.6 Å². The summed E-state index contributed by atoms with van der Waals surface area (Å²) in [5.74, 6) is -0.792. The van der Waals surface area contributed by atoms with E-state index >= 15 is 0 Å². The quantitative estimate of drug-likeness (QED) is 0.418. The second-order valence-corrected chi connectivity index (χ2v) is 10.5. The zero-order valence-corrected chi connectivity index (χ0v) is 21.3. The lowest BCUT2D eigenvalue weighted by molar-refractivity contribution is -0.141. The Bertz CT molecular complexity index is 1030. The van der Waals surface area contributed by atoms with Crippen molar-refractivity contribution in [3.63, 3.8) is 0 Å². The molecule has 0 saturated heterocycles. The molecular formula is C24H32ClN3O5S. The highest BCUT2D eigenvalue weighted by atomic mass is 35.5. The number of benzene rings is 2. The van der Waals surface area contributed by atoms with Gasteiger partial charge in [-0.15, -0.1) is 0 Å². The molecule has 34 heavy (non-hydrogen) atoms. The van der Waals surface area contributed by atoms with Crippen LogP contribution in [0.25, 0.3) is 0 Å². The van der Waals surface area contributed by atoms with Crippen molar-refractivity contribution in [3.05, 3.63) is 70.7 Å². The molecule has 2 aromatic carbocycles. The minimum atomic E-state index is -3.58. The normalized spacial score (nSPS) is 12.4. The van der Waals surface area contributed by atoms with Gasteiger partial charge < -0.3 is 15.0 Å². The first-order valence-electron chi connectivity index (χ1n) is 10.9. The number of ether oxygens (including phenoxy) is 1. The first-order valence-corrected chi connectivity index (χ1v) is 13.1. The molecule has 0 radical (unpaired) electrons. The van der Waals surface area contributed by atoms with Crippen molar-refractivity contribution in [2.75, 3.05) is 40.1 Å². The molecule has 1 N–H and O–H groups in total. The minimum absolute atomic E-state index is 0.122. The van der Waals surface area contributed by atoms with Crippen molar-refractivity contribution in [3.8, 4) is 0 Å². The fourth-order valence-electron chi connectivity index (χ4n) is 3.28. The van der Waals surface area contributed by atoms with Gasteiger partial charge in [-0.3, -0.25) is 9.59 Å². The summed E-state index contributed by atoms with van der Waals surface area (Å²) in [4.78, 5) is 28.1. The van der Waals surface area contributed by atoms with Crippen molar-refractivity contribution >= 4 is 33.4 Å². The van der Waals surface area contributed by atoms with Crippen LogP contribution in [0, 0.1) is 0 Å². The van der Waals surface area contributed by atoms with Crippen LogP contribution in [-0.2, 0) is 37.3 Å². The van der Waals surface area contributed by atoms with Gasteiger partial charge in [0.1, 0.15) is 6.04 Å². The summed E-state index contributed by atoms with van der Waals surface area (Å²) in [6.07, 6.45) is 1.94. The Kier molecular flexibility index (Phi) is 11.0. The van der Waals surface area contributed by atoms with Gasteiger partial charge in [-0.2, -0.15) is 4.31 Å². The summed E-state index contributed by atoms with van der Waals surface area (Å²) < 4.78 is 29.9. The molecule has 0 heterocycles. The minimum Gasteiger partial charge on any atom is -0.385 e. The molecule has 0 aromatic heterocycles. The molecule has 0 bridgehead atoms. The van der Waals surface area contributed by atoms with Gasteiger partial charge in [0, 0.05) is 45.3 Å². The van der Waals surface area contributed by atoms with Crippen LogP contribution in [0.3, 0.4) is 0 Å². The van der Waals surface area contributed by atoms with E-state index in [-0.39, 0.29) is 25.4 Å². The van der Waals surface area contributed by atoms with Crippen molar-refractivity contribution in [1.29, 1.82) is 0 Å². The number of nitrogens with zero attached hydrogens (tertiary/aromatic N) is 2. The second-order valence-electron chi connectivity index (χ2n) is 8.01. The molecule has 10 heteroatoms. The largest absolute Gasteiger partial charge is 0.385 e. The van der Waals surface area contributed by atoms with E-state index in [1.807, 2.05) is 30.3 Å². The maximum Gasteiger partial charge on any atom is 0.243 e. The molecule has 0 aliphatic heterocycles. The maximum atomic E-state index is 13.4. The molecule has 0 aliphatic carbocycles. The van der Waals surface area contributed by atoms with Crippen molar-refractivity contribution < 1.29 is 22.7 Å². The average Bonchev–Trinajstić information content (AvgIpc) is 2.80. The lowest BCUT2D eigenvalue weighted by Gasteiger charge is -2.32. The van der Waals surface area contributed by atoms with Crippen LogP contribution in [0.1, 0.15) is 17.5 Å². The van der Waals surface area contributed by atoms with Gasteiger partial charge in [-0.25, -0.2) is 8.42 Å². The Balaban J connectivity index is 2.38. The molecule has 2 rings (SSSR count). The second kappa shape index (κ2) is 13.4. The number of sulfonamides is 1. The van der Waals surface area contributed by atoms with Crippen molar-refractivity contribution in [2.45, 2.75) is 25.4 Å². The van der Waals surface area contributed by atoms with Crippen LogP contribution in [0.4, 0.5) is 0 Å². The van der Waals surface area contributed by atoms with Gasteiger partial charge >= 0.3 is 0 Å². The van der Waals surface area contributed by atoms with Crippen LogP contribution in [0.5, 0.6) is 0 Å². The third kappa shape index (κ3) is 9.06. The van der Waals surface area contributed by atoms with Gasteiger partial charge in [0.15, 0.2) is 0 Å². The molecule has 0 fully saturated rings. The fourth-order valence-corrected chi connectivity index (χ4v) is 3.76. The molecular weight excluding hydrogens is 478 g/mol. The van der Waals surface area contributed by atoms with E-state index in [0.717, 1.165) is 21.7 Å². The Labute approximate surface area is 206 Å². The number of nitrogens with one attached hydrogen (secondary N) is 1. The predicted molar refractivity (Wildman–Crippen MR) is 133 cm³/mol. The van der Waals surface area contributed by atoms with Crippen molar-refractivity contribution in [2.24, 2.45) is 0 Å². The van der Waals surface area contributed by atoms with Gasteiger partial charge in [0.05, 0.1) is 12.8 Å². The average molecular weight is 510 g/mol. The highest BCUT2D eigenvalue weighted by Crippen LogP contribution is 2.17. The summed E-state index contributed by atoms with van der Waals surface area (Å²) in [6, 6.07) is 15.5. The number of carbonyl (C=O) groups excluding carboxylic acids is 2. The first-order chi connectivity index (χ1) is 16.1. The number of rotatable bonds is 13. The molecule has 0 spiro atoms. The van der Waals surface area contributed by atoms with Crippen LogP contribution < -0.4 is 5.32 Å². The highest BCUT2D eigenvalue weighted by Gasteiger charge is 2.31. The summed E-state index contributed by atoms with van der Waals surface area (Å²) in [5, 5.41) is 3.44. The number of hydrogen-bond acceptors (Lipinski definition) is 5. The van der Waals surface area contributed by atoms with Gasteiger partial charge in [0.2, 0.25) is 21.8 Å². The van der Waals surface area contributed by atoms with Crippen LogP contribution in [0.2, 0.25) is 5.02 Å². The van der Waals surface area contributed by atoms with Crippen LogP contribution in [-0.4, -0.2) is 75.6 Å². The van der Waals surface area contributed by atoms with Gasteiger partial charge in [0.25, 0.3) is 0 Å². The SMILES string of the molecule is COCCCNC(=O)[C@@H](Cc1ccccc1)N(Cc1ccc(Cl)cc1)C(=O)CN(C)S(C)(=O)=O. The lowest BCUT2D eigenvalue weighted by atomic mass is 10.0. The molecule has 186 valence electrons. The predicted octanol–water partition coefficient (Wildman–Crippen LogP) is 2.32. The Morgan fingerprint density at radius 1 is 1.06 bits per heavy atom. The summed E-state index contributed by atoms with van der Waals surface area (Å²) >= 11 is 6.00. The Morgan fingerprint density at radius 2 is 1.71 bits per heavy atom. The van der Waals surface area contributed by atoms with E-state index in [9.17, 15) is 18.0 Å². The number of methoxy groups -OCH3 is 1. The van der Waals surface area contributed by atoms with Gasteiger partial charge in [-0.1, -0.05) is 54.1 Å². The number of hydrogen-bond donors (Lipinski definition) is 1. The van der Waals surface area contributed by atoms with Crippen molar-refractivity contribution in [1.82, 2.24) is 14.5 Å². The molecule has 0 unspecified atom stereocenters. The summed E-state index contributed by atoms with van der Waals surface area (Å²) in [7, 11) is -0.655. The number of amides is 2. The topological polar surface area (TPSA) is 96.0 Å². The Morgan fingerprint density at radius 3 is 2.29 bits per heavy atom. The molecule has 2 aromatic rings. The number of halogens is 1. The molecule has 8 nitrogen and oxygen atoms in total. The zero-order valence-electron chi connectivity index (χ0n) is 19.7. The third-order valence-electron chi connectivity index (χ3n) is 5.29. The van der Waals surface area contributed by atoms with E-state index in [0.29, 0.717) is 24.6 Å². The van der Waals surface area contributed by atoms with Gasteiger partial charge in [-0.05, 0) is 29.7 Å². The third-order valence-corrected chi connectivity index (χ3v) is 6.80. The standard InChI is InChI=1S/C24H32ClN3O5S/c1-27(34(3,31)32)18-23(29)28(17-20-10-12-21(25)13-11-20)22(16-19-8-5-4-6-9-19)24(30)26-14-7-15-33-2/h4-6,8-13,22H,7,14-18H2,1-3H3,(H,26,30)/t22-/m1/s1. The lowest BCUT2D eigenvalue weighted by Crippen LogP contribution is -2.53. The van der Waals surface area contributed by atoms with E-state index in [4.69, 9.17) is 16.3 Å². The first kappa shape index (κ1) is 27.8. The summed E-state index contributed by atoms with van der Waals surface area (Å²) in [6.45, 7) is 0.631. The number of carbonyl (C=O) groups is 2. The van der Waals surface area contributed by atoms with E-state index < -0.39 is 22.0 Å². The maximum absolute atomic E-state index is 13.4. The smallest absolute Gasteiger partial charge is 0.243 e. The Hall–Kier alpha value is -2.46. The highest BCUT2D eigenvalue weighted by molar-refractivity contribution is 7.88. The van der Waals surface area contributed by atoms with Crippen LogP contribution in [0.15, 0.2) is 54.6 Å². The molecule has 0 aliphatic rings. The van der Waals surface area contributed by atoms with E-state index in [2.05, 4.69) is 5.32 Å². The number of likely N-dealkylation sites (N-methyl/N-ethyl adjacent to an activating group) is 1. The molecule has 1 atom stereocenters. The van der Waals surface area contributed by atoms with E-state index in [1.165, 1.54) is 11.9 Å². The zero-order chi connectivity index (χ0) is 25.1. The molecule has 2 amide bonds. The summed E-state index contributed by atoms with van der Waals surface area (Å²) in [5.41, 5.74) is 1.65. The monoisotopic (exact) mass is 509 g/mol. The molecule has 0 saturated carbocycles. The van der Waals surface area contributed by atoms with E-state index in [1.54, 1.807) is 31.4 Å². The fraction of sp³-hybridized carbons (Fsp3) is 0.417.